The van der Waals surface area contributed by atoms with Gasteiger partial charge in [0.25, 0.3) is 0 Å². The molecule has 0 saturated carbocycles. The van der Waals surface area contributed by atoms with Crippen LogP contribution in [0, 0.1) is 5.92 Å². The van der Waals surface area contributed by atoms with Gasteiger partial charge in [-0.15, -0.1) is 0 Å². The molecular weight excluding hydrogens is 314 g/mol. The first-order chi connectivity index (χ1) is 12.2. The standard InChI is InChI=1S/C20H29N3O2/c1-2-18(19(24)21-17-8-4-3-5-9-17)22-14-10-16(11-15-22)20(25)23-12-6-7-13-23/h3-5,8-9,16,18H,2,6-7,10-15H2,1H3,(H,21,24). The summed E-state index contributed by atoms with van der Waals surface area (Å²) in [6, 6.07) is 9.48. The summed E-state index contributed by atoms with van der Waals surface area (Å²) in [7, 11) is 0. The average Bonchev–Trinajstić information content (AvgIpc) is 3.18. The normalized spacial score (nSPS) is 20.4. The van der Waals surface area contributed by atoms with Crippen molar-refractivity contribution in [2.24, 2.45) is 5.92 Å². The number of hydrogen-bond donors (Lipinski definition) is 1. The Bertz CT molecular complexity index is 576. The Kier molecular flexibility index (Phi) is 6.08. The Morgan fingerprint density at radius 2 is 1.72 bits per heavy atom. The zero-order valence-corrected chi connectivity index (χ0v) is 15.1. The number of anilines is 1. The molecule has 2 aliphatic heterocycles. The summed E-state index contributed by atoms with van der Waals surface area (Å²) in [6.07, 6.45) is 4.79. The van der Waals surface area contributed by atoms with Gasteiger partial charge in [-0.3, -0.25) is 14.5 Å². The van der Waals surface area contributed by atoms with Crippen LogP contribution >= 0.6 is 0 Å². The van der Waals surface area contributed by atoms with Crippen LogP contribution in [0.4, 0.5) is 5.69 Å². The van der Waals surface area contributed by atoms with Crippen molar-refractivity contribution >= 4 is 17.5 Å². The van der Waals surface area contributed by atoms with E-state index in [0.29, 0.717) is 5.91 Å². The quantitative estimate of drug-likeness (QED) is 0.894. The number of amides is 2. The van der Waals surface area contributed by atoms with Gasteiger partial charge < -0.3 is 10.2 Å². The fourth-order valence-corrected chi connectivity index (χ4v) is 4.01. The maximum Gasteiger partial charge on any atom is 0.241 e. The fourth-order valence-electron chi connectivity index (χ4n) is 4.01. The number of benzene rings is 1. The van der Waals surface area contributed by atoms with Gasteiger partial charge >= 0.3 is 0 Å². The third-order valence-corrected chi connectivity index (χ3v) is 5.47. The lowest BCUT2D eigenvalue weighted by Crippen LogP contribution is -2.49. The van der Waals surface area contributed by atoms with Crippen LogP contribution < -0.4 is 5.32 Å². The maximum absolute atomic E-state index is 12.6. The van der Waals surface area contributed by atoms with Gasteiger partial charge in [-0.25, -0.2) is 0 Å². The van der Waals surface area contributed by atoms with Crippen LogP contribution in [0.3, 0.4) is 0 Å². The summed E-state index contributed by atoms with van der Waals surface area (Å²) < 4.78 is 0. The molecule has 1 N–H and O–H groups in total. The van der Waals surface area contributed by atoms with E-state index >= 15 is 0 Å². The van der Waals surface area contributed by atoms with E-state index in [-0.39, 0.29) is 17.9 Å². The number of likely N-dealkylation sites (tertiary alicyclic amines) is 2. The van der Waals surface area contributed by atoms with E-state index in [1.54, 1.807) is 0 Å². The van der Waals surface area contributed by atoms with Crippen molar-refractivity contribution in [1.82, 2.24) is 9.80 Å². The van der Waals surface area contributed by atoms with Crippen LogP contribution in [-0.4, -0.2) is 53.8 Å². The Hall–Kier alpha value is -1.88. The van der Waals surface area contributed by atoms with Crippen molar-refractivity contribution in [1.29, 1.82) is 0 Å². The molecule has 2 fully saturated rings. The van der Waals surface area contributed by atoms with E-state index in [0.717, 1.165) is 64.0 Å². The SMILES string of the molecule is CCC(C(=O)Nc1ccccc1)N1CCC(C(=O)N2CCCC2)CC1. The highest BCUT2D eigenvalue weighted by Crippen LogP contribution is 2.24. The van der Waals surface area contributed by atoms with Gasteiger partial charge in [-0.2, -0.15) is 0 Å². The number of carbonyl (C=O) groups excluding carboxylic acids is 2. The smallest absolute Gasteiger partial charge is 0.241 e. The molecule has 5 nitrogen and oxygen atoms in total. The van der Waals surface area contributed by atoms with Crippen molar-refractivity contribution in [3.8, 4) is 0 Å². The van der Waals surface area contributed by atoms with Crippen LogP contribution in [0.1, 0.15) is 39.0 Å². The molecular formula is C20H29N3O2. The Labute approximate surface area is 150 Å². The molecule has 1 atom stereocenters. The van der Waals surface area contributed by atoms with Gasteiger partial charge in [-0.05, 0) is 57.3 Å². The summed E-state index contributed by atoms with van der Waals surface area (Å²) in [5.41, 5.74) is 0.838. The predicted molar refractivity (Wildman–Crippen MR) is 99.3 cm³/mol. The third-order valence-electron chi connectivity index (χ3n) is 5.47. The van der Waals surface area contributed by atoms with E-state index in [1.165, 1.54) is 0 Å². The number of piperidine rings is 1. The number of hydrogen-bond acceptors (Lipinski definition) is 3. The highest BCUT2D eigenvalue weighted by Gasteiger charge is 2.33. The molecule has 1 aromatic carbocycles. The number of nitrogens with zero attached hydrogens (tertiary/aromatic N) is 2. The first-order valence-corrected chi connectivity index (χ1v) is 9.57. The first kappa shape index (κ1) is 17.9. The van der Waals surface area contributed by atoms with Crippen molar-refractivity contribution in [2.75, 3.05) is 31.5 Å². The molecule has 2 amide bonds. The minimum Gasteiger partial charge on any atom is -0.342 e. The van der Waals surface area contributed by atoms with Crippen LogP contribution in [-0.2, 0) is 9.59 Å². The van der Waals surface area contributed by atoms with Gasteiger partial charge in [0.2, 0.25) is 11.8 Å². The second kappa shape index (κ2) is 8.48. The van der Waals surface area contributed by atoms with Crippen LogP contribution in [0.2, 0.25) is 0 Å². The van der Waals surface area contributed by atoms with Gasteiger partial charge in [0.1, 0.15) is 0 Å². The molecule has 2 heterocycles. The monoisotopic (exact) mass is 343 g/mol. The molecule has 1 aromatic rings. The van der Waals surface area contributed by atoms with Crippen molar-refractivity contribution in [3.05, 3.63) is 30.3 Å². The van der Waals surface area contributed by atoms with E-state index in [2.05, 4.69) is 17.1 Å². The van der Waals surface area contributed by atoms with Crippen LogP contribution in [0.15, 0.2) is 30.3 Å². The van der Waals surface area contributed by atoms with Crippen molar-refractivity contribution < 1.29 is 9.59 Å². The molecule has 0 spiro atoms. The van der Waals surface area contributed by atoms with E-state index in [1.807, 2.05) is 35.2 Å². The van der Waals surface area contributed by atoms with Crippen LogP contribution in [0.25, 0.3) is 0 Å². The number of rotatable bonds is 5. The molecule has 1 unspecified atom stereocenters. The second-order valence-electron chi connectivity index (χ2n) is 7.12. The lowest BCUT2D eigenvalue weighted by atomic mass is 9.93. The average molecular weight is 343 g/mol. The topological polar surface area (TPSA) is 52.7 Å². The van der Waals surface area contributed by atoms with E-state index in [4.69, 9.17) is 0 Å². The number of nitrogens with one attached hydrogen (secondary N) is 1. The zero-order chi connectivity index (χ0) is 17.6. The second-order valence-corrected chi connectivity index (χ2v) is 7.12. The van der Waals surface area contributed by atoms with Gasteiger partial charge in [-0.1, -0.05) is 25.1 Å². The lowest BCUT2D eigenvalue weighted by molar-refractivity contribution is -0.136. The fraction of sp³-hybridized carbons (Fsp3) is 0.600. The number of para-hydroxylation sites is 1. The number of carbonyl (C=O) groups is 2. The van der Waals surface area contributed by atoms with E-state index in [9.17, 15) is 9.59 Å². The molecule has 2 aliphatic rings. The highest BCUT2D eigenvalue weighted by molar-refractivity contribution is 5.94. The zero-order valence-electron chi connectivity index (χ0n) is 15.1. The Balaban J connectivity index is 1.53. The van der Waals surface area contributed by atoms with Gasteiger partial charge in [0, 0.05) is 24.7 Å². The maximum atomic E-state index is 12.6. The molecule has 0 aliphatic carbocycles. The minimum absolute atomic E-state index is 0.0537. The highest BCUT2D eigenvalue weighted by atomic mass is 16.2. The summed E-state index contributed by atoms with van der Waals surface area (Å²) in [4.78, 5) is 29.5. The van der Waals surface area contributed by atoms with Crippen LogP contribution in [0.5, 0.6) is 0 Å². The molecule has 0 bridgehead atoms. The molecule has 0 aromatic heterocycles. The lowest BCUT2D eigenvalue weighted by Gasteiger charge is -2.37. The largest absolute Gasteiger partial charge is 0.342 e. The van der Waals surface area contributed by atoms with Crippen molar-refractivity contribution in [3.63, 3.8) is 0 Å². The summed E-state index contributed by atoms with van der Waals surface area (Å²) in [6.45, 7) is 5.55. The van der Waals surface area contributed by atoms with E-state index < -0.39 is 0 Å². The molecule has 3 rings (SSSR count). The van der Waals surface area contributed by atoms with Gasteiger partial charge in [0.05, 0.1) is 6.04 Å². The molecule has 5 heteroatoms. The van der Waals surface area contributed by atoms with Gasteiger partial charge in [0.15, 0.2) is 0 Å². The molecule has 136 valence electrons. The summed E-state index contributed by atoms with van der Waals surface area (Å²) >= 11 is 0. The van der Waals surface area contributed by atoms with Crippen molar-refractivity contribution in [2.45, 2.75) is 45.1 Å². The third kappa shape index (κ3) is 4.40. The minimum atomic E-state index is -0.122. The predicted octanol–water partition coefficient (Wildman–Crippen LogP) is 2.74. The molecule has 2 saturated heterocycles. The molecule has 0 radical (unpaired) electrons. The Morgan fingerprint density at radius 1 is 1.08 bits per heavy atom. The summed E-state index contributed by atoms with van der Waals surface area (Å²) in [5.74, 6) is 0.529. The molecule has 25 heavy (non-hydrogen) atoms. The first-order valence-electron chi connectivity index (χ1n) is 9.57. The summed E-state index contributed by atoms with van der Waals surface area (Å²) in [5, 5.41) is 3.01. The Morgan fingerprint density at radius 3 is 2.32 bits per heavy atom.